The van der Waals surface area contributed by atoms with Crippen molar-refractivity contribution in [2.24, 2.45) is 10.9 Å². The number of nitrogens with zero attached hydrogens (tertiary/aromatic N) is 4. The molecule has 0 radical (unpaired) electrons. The molecule has 1 saturated heterocycles. The fraction of sp³-hybridized carbons (Fsp3) is 0.765. The molecule has 0 spiro atoms. The predicted molar refractivity (Wildman–Crippen MR) is 115 cm³/mol. The predicted octanol–water partition coefficient (Wildman–Crippen LogP) is 3.06. The number of guanidine groups is 1. The summed E-state index contributed by atoms with van der Waals surface area (Å²) in [5.41, 5.74) is 0. The summed E-state index contributed by atoms with van der Waals surface area (Å²) in [5.74, 6) is 1.77. The minimum Gasteiger partial charge on any atom is -0.357 e. The van der Waals surface area contributed by atoms with E-state index in [2.05, 4.69) is 47.8 Å². The van der Waals surface area contributed by atoms with Gasteiger partial charge in [0.2, 0.25) is 0 Å². The summed E-state index contributed by atoms with van der Waals surface area (Å²) in [4.78, 5) is 15.5. The lowest BCUT2D eigenvalue weighted by atomic mass is 10.2. The van der Waals surface area contributed by atoms with Crippen LogP contribution in [-0.4, -0.2) is 60.0 Å². The van der Waals surface area contributed by atoms with Crippen LogP contribution in [0.3, 0.4) is 0 Å². The molecule has 1 N–H and O–H groups in total. The maximum absolute atomic E-state index is 4.80. The quantitative estimate of drug-likeness (QED) is 0.399. The number of aromatic nitrogens is 1. The summed E-state index contributed by atoms with van der Waals surface area (Å²) in [7, 11) is 0. The van der Waals surface area contributed by atoms with Crippen LogP contribution < -0.4 is 5.32 Å². The van der Waals surface area contributed by atoms with Gasteiger partial charge in [-0.15, -0.1) is 35.3 Å². The van der Waals surface area contributed by atoms with Crippen molar-refractivity contribution in [3.63, 3.8) is 0 Å². The molecule has 0 atom stereocenters. The van der Waals surface area contributed by atoms with Gasteiger partial charge in [-0.3, -0.25) is 4.90 Å². The second-order valence-electron chi connectivity index (χ2n) is 6.43. The van der Waals surface area contributed by atoms with Crippen LogP contribution in [0.15, 0.2) is 11.2 Å². The number of thiazole rings is 1. The number of aliphatic imine (C=N–C) groups is 1. The largest absolute Gasteiger partial charge is 0.357 e. The lowest BCUT2D eigenvalue weighted by Gasteiger charge is -2.37. The number of aryl methyl sites for hydroxylation is 1. The van der Waals surface area contributed by atoms with Gasteiger partial charge in [0.15, 0.2) is 5.96 Å². The zero-order valence-electron chi connectivity index (χ0n) is 15.4. The van der Waals surface area contributed by atoms with E-state index in [4.69, 9.17) is 4.99 Å². The molecule has 5 nitrogen and oxygen atoms in total. The first-order valence-electron chi connectivity index (χ1n) is 8.81. The molecule has 0 aromatic carbocycles. The van der Waals surface area contributed by atoms with Gasteiger partial charge >= 0.3 is 0 Å². The average Bonchev–Trinajstić information content (AvgIpc) is 3.00. The Morgan fingerprint density at radius 2 is 2.00 bits per heavy atom. The van der Waals surface area contributed by atoms with Gasteiger partial charge in [0, 0.05) is 50.3 Å². The van der Waals surface area contributed by atoms with Crippen LogP contribution in [0.1, 0.15) is 37.6 Å². The molecule has 1 aliphatic heterocycles. The minimum absolute atomic E-state index is 0. The van der Waals surface area contributed by atoms with Gasteiger partial charge in [0.1, 0.15) is 5.01 Å². The van der Waals surface area contributed by atoms with Crippen molar-refractivity contribution in [1.29, 1.82) is 0 Å². The van der Waals surface area contributed by atoms with E-state index in [1.807, 2.05) is 6.20 Å². The van der Waals surface area contributed by atoms with Crippen LogP contribution in [0, 0.1) is 5.92 Å². The smallest absolute Gasteiger partial charge is 0.194 e. The highest BCUT2D eigenvalue weighted by molar-refractivity contribution is 14.0. The van der Waals surface area contributed by atoms with Crippen molar-refractivity contribution in [1.82, 2.24) is 20.1 Å². The fourth-order valence-electron chi connectivity index (χ4n) is 2.81. The zero-order chi connectivity index (χ0) is 16.7. The Morgan fingerprint density at radius 3 is 2.54 bits per heavy atom. The molecule has 1 fully saturated rings. The molecular weight excluding hydrogens is 433 g/mol. The number of hydrogen-bond donors (Lipinski definition) is 1. The van der Waals surface area contributed by atoms with E-state index < -0.39 is 0 Å². The lowest BCUT2D eigenvalue weighted by Crippen LogP contribution is -2.53. The first-order chi connectivity index (χ1) is 11.1. The normalized spacial score (nSPS) is 16.4. The molecule has 24 heavy (non-hydrogen) atoms. The van der Waals surface area contributed by atoms with Crippen molar-refractivity contribution in [2.45, 2.75) is 40.7 Å². The second-order valence-corrected chi connectivity index (χ2v) is 7.63. The number of rotatable bonds is 6. The van der Waals surface area contributed by atoms with Crippen LogP contribution >= 0.6 is 35.3 Å². The van der Waals surface area contributed by atoms with Gasteiger partial charge in [0.25, 0.3) is 0 Å². The highest BCUT2D eigenvalue weighted by Crippen LogP contribution is 2.14. The standard InChI is InChI=1S/C17H31N5S.HI/c1-5-15-11-19-16(23-15)12-20-17(18-6-2)22-9-7-21(8-10-22)13-14(3)4;/h11,14H,5-10,12-13H2,1-4H3,(H,18,20);1H. The molecule has 0 amide bonds. The summed E-state index contributed by atoms with van der Waals surface area (Å²) in [6.07, 6.45) is 3.03. The van der Waals surface area contributed by atoms with Gasteiger partial charge < -0.3 is 10.2 Å². The maximum atomic E-state index is 4.80. The van der Waals surface area contributed by atoms with Crippen molar-refractivity contribution in [3.05, 3.63) is 16.1 Å². The van der Waals surface area contributed by atoms with Crippen molar-refractivity contribution in [3.8, 4) is 0 Å². The Hall–Kier alpha value is -0.410. The van der Waals surface area contributed by atoms with Crippen molar-refractivity contribution >= 4 is 41.3 Å². The summed E-state index contributed by atoms with van der Waals surface area (Å²) in [6, 6.07) is 0. The van der Waals surface area contributed by atoms with E-state index >= 15 is 0 Å². The highest BCUT2D eigenvalue weighted by Gasteiger charge is 2.19. The first kappa shape index (κ1) is 21.6. The molecule has 1 aromatic rings. The molecule has 0 aliphatic carbocycles. The van der Waals surface area contributed by atoms with Crippen LogP contribution in [0.2, 0.25) is 0 Å². The maximum Gasteiger partial charge on any atom is 0.194 e. The Morgan fingerprint density at radius 1 is 1.29 bits per heavy atom. The lowest BCUT2D eigenvalue weighted by molar-refractivity contribution is 0.164. The third-order valence-electron chi connectivity index (χ3n) is 3.94. The highest BCUT2D eigenvalue weighted by atomic mass is 127. The molecule has 7 heteroatoms. The summed E-state index contributed by atoms with van der Waals surface area (Å²) in [6.45, 7) is 16.0. The molecule has 0 bridgehead atoms. The molecule has 1 aliphatic rings. The fourth-order valence-corrected chi connectivity index (χ4v) is 3.60. The topological polar surface area (TPSA) is 43.8 Å². The van der Waals surface area contributed by atoms with Gasteiger partial charge in [0.05, 0.1) is 6.54 Å². The summed E-state index contributed by atoms with van der Waals surface area (Å²) < 4.78 is 0. The Kier molecular flexibility index (Phi) is 10.1. The number of halogens is 1. The van der Waals surface area contributed by atoms with Gasteiger partial charge in [-0.25, -0.2) is 9.98 Å². The summed E-state index contributed by atoms with van der Waals surface area (Å²) >= 11 is 1.77. The second kappa shape index (κ2) is 11.3. The van der Waals surface area contributed by atoms with E-state index in [0.29, 0.717) is 6.54 Å². The molecule has 138 valence electrons. The number of nitrogens with one attached hydrogen (secondary N) is 1. The number of hydrogen-bond acceptors (Lipinski definition) is 4. The van der Waals surface area contributed by atoms with E-state index in [1.54, 1.807) is 11.3 Å². The van der Waals surface area contributed by atoms with Crippen LogP contribution in [0.5, 0.6) is 0 Å². The Bertz CT molecular complexity index is 495. The van der Waals surface area contributed by atoms with E-state index in [1.165, 1.54) is 11.4 Å². The van der Waals surface area contributed by atoms with Crippen molar-refractivity contribution in [2.75, 3.05) is 39.3 Å². The van der Waals surface area contributed by atoms with Gasteiger partial charge in [-0.1, -0.05) is 20.8 Å². The zero-order valence-corrected chi connectivity index (χ0v) is 18.6. The number of piperazine rings is 1. The van der Waals surface area contributed by atoms with E-state index in [-0.39, 0.29) is 24.0 Å². The van der Waals surface area contributed by atoms with Crippen LogP contribution in [0.4, 0.5) is 0 Å². The monoisotopic (exact) mass is 465 g/mol. The van der Waals surface area contributed by atoms with Crippen LogP contribution in [-0.2, 0) is 13.0 Å². The molecule has 0 saturated carbocycles. The van der Waals surface area contributed by atoms with E-state index in [9.17, 15) is 0 Å². The third-order valence-corrected chi connectivity index (χ3v) is 5.07. The Labute approximate surface area is 168 Å². The third kappa shape index (κ3) is 6.84. The average molecular weight is 465 g/mol. The SMILES string of the molecule is CCNC(=NCc1ncc(CC)s1)N1CCN(CC(C)C)CC1.I. The first-order valence-corrected chi connectivity index (χ1v) is 9.63. The van der Waals surface area contributed by atoms with E-state index in [0.717, 1.165) is 56.0 Å². The van der Waals surface area contributed by atoms with Crippen LogP contribution in [0.25, 0.3) is 0 Å². The Balaban J connectivity index is 0.00000288. The van der Waals surface area contributed by atoms with Crippen molar-refractivity contribution < 1.29 is 0 Å². The van der Waals surface area contributed by atoms with Gasteiger partial charge in [-0.2, -0.15) is 0 Å². The molecular formula is C17H32IN5S. The summed E-state index contributed by atoms with van der Waals surface area (Å²) in [5, 5.41) is 4.54. The minimum atomic E-state index is 0. The van der Waals surface area contributed by atoms with Gasteiger partial charge in [-0.05, 0) is 19.3 Å². The molecule has 2 rings (SSSR count). The molecule has 1 aromatic heterocycles. The molecule has 2 heterocycles. The molecule has 0 unspecified atom stereocenters.